The summed E-state index contributed by atoms with van der Waals surface area (Å²) in [4.78, 5) is 12.8. The van der Waals surface area contributed by atoms with E-state index in [1.165, 1.54) is 0 Å². The molecule has 1 aromatic carbocycles. The minimum Gasteiger partial charge on any atom is -0.476 e. The molecule has 0 N–H and O–H groups in total. The molecule has 35 heavy (non-hydrogen) atoms. The number of hydrogen-bond donors (Lipinski definition) is 0. The van der Waals surface area contributed by atoms with Crippen LogP contribution in [-0.4, -0.2) is 81.1 Å². The van der Waals surface area contributed by atoms with Gasteiger partial charge in [0.1, 0.15) is 30.7 Å². The summed E-state index contributed by atoms with van der Waals surface area (Å²) in [6.07, 6.45) is -1.14. The first-order chi connectivity index (χ1) is 16.3. The van der Waals surface area contributed by atoms with Crippen LogP contribution in [0.5, 0.6) is 5.75 Å². The second kappa shape index (κ2) is 11.7. The molecule has 2 fully saturated rings. The van der Waals surface area contributed by atoms with E-state index in [-0.39, 0.29) is 25.4 Å². The molecule has 2 aliphatic rings. The predicted octanol–water partition coefficient (Wildman–Crippen LogP) is 3.75. The fourth-order valence-electron chi connectivity index (χ4n) is 3.35. The lowest BCUT2D eigenvalue weighted by Crippen LogP contribution is -2.47. The van der Waals surface area contributed by atoms with Gasteiger partial charge in [0, 0.05) is 5.02 Å². The highest BCUT2D eigenvalue weighted by molar-refractivity contribution is 6.30. The molecule has 0 radical (unpaired) electrons. The number of hydrogen-bond acceptors (Lipinski definition) is 9. The van der Waals surface area contributed by atoms with Gasteiger partial charge >= 0.3 is 5.97 Å². The number of carbonyl (C=O) groups is 1. The van der Waals surface area contributed by atoms with Crippen LogP contribution < -0.4 is 4.74 Å². The third-order valence-electron chi connectivity index (χ3n) is 5.45. The molecule has 198 valence electrons. The number of halogens is 1. The maximum Gasteiger partial charge on any atom is 0.349 e. The SMILES string of the molecule is CC1(C)OCC(OCC(COC(=O)C(C)(C)Oc2ccc(Cl)cc2)OC2COC(C)(C)OC2)CO1. The van der Waals surface area contributed by atoms with E-state index in [4.69, 9.17) is 49.5 Å². The Morgan fingerprint density at radius 2 is 1.46 bits per heavy atom. The predicted molar refractivity (Wildman–Crippen MR) is 127 cm³/mol. The Morgan fingerprint density at radius 1 is 0.943 bits per heavy atom. The molecule has 1 atom stereocenters. The summed E-state index contributed by atoms with van der Waals surface area (Å²) in [6, 6.07) is 6.76. The van der Waals surface area contributed by atoms with E-state index in [0.29, 0.717) is 37.2 Å². The normalized spacial score (nSPS) is 21.9. The van der Waals surface area contributed by atoms with Crippen molar-refractivity contribution in [1.29, 1.82) is 0 Å². The number of rotatable bonds is 10. The summed E-state index contributed by atoms with van der Waals surface area (Å²) >= 11 is 5.92. The molecule has 0 saturated carbocycles. The zero-order chi connectivity index (χ0) is 25.7. The van der Waals surface area contributed by atoms with Gasteiger partial charge in [-0.15, -0.1) is 0 Å². The van der Waals surface area contributed by atoms with Gasteiger partial charge in [-0.2, -0.15) is 0 Å². The number of carbonyl (C=O) groups excluding carboxylic acids is 1. The Labute approximate surface area is 212 Å². The third-order valence-corrected chi connectivity index (χ3v) is 5.70. The number of esters is 1. The van der Waals surface area contributed by atoms with Crippen molar-refractivity contribution < 1.29 is 42.7 Å². The molecule has 3 rings (SSSR count). The van der Waals surface area contributed by atoms with Crippen molar-refractivity contribution >= 4 is 17.6 Å². The van der Waals surface area contributed by atoms with E-state index < -0.39 is 29.2 Å². The van der Waals surface area contributed by atoms with Crippen LogP contribution >= 0.6 is 11.6 Å². The molecule has 0 spiro atoms. The lowest BCUT2D eigenvalue weighted by atomic mass is 10.1. The van der Waals surface area contributed by atoms with E-state index in [0.717, 1.165) is 0 Å². The van der Waals surface area contributed by atoms with Crippen LogP contribution in [0.3, 0.4) is 0 Å². The van der Waals surface area contributed by atoms with E-state index >= 15 is 0 Å². The van der Waals surface area contributed by atoms with Gasteiger partial charge in [-0.25, -0.2) is 4.79 Å². The van der Waals surface area contributed by atoms with Crippen LogP contribution in [0.1, 0.15) is 41.5 Å². The fourth-order valence-corrected chi connectivity index (χ4v) is 3.48. The van der Waals surface area contributed by atoms with E-state index in [2.05, 4.69) is 0 Å². The van der Waals surface area contributed by atoms with Crippen molar-refractivity contribution in [3.63, 3.8) is 0 Å². The maximum absolute atomic E-state index is 12.8. The average Bonchev–Trinajstić information content (AvgIpc) is 2.78. The Balaban J connectivity index is 1.55. The highest BCUT2D eigenvalue weighted by atomic mass is 35.5. The summed E-state index contributed by atoms with van der Waals surface area (Å²) in [5.41, 5.74) is -1.23. The average molecular weight is 517 g/mol. The quantitative estimate of drug-likeness (QED) is 0.431. The molecule has 0 aromatic heterocycles. The summed E-state index contributed by atoms with van der Waals surface area (Å²) in [7, 11) is 0. The zero-order valence-corrected chi connectivity index (χ0v) is 22.1. The van der Waals surface area contributed by atoms with Gasteiger partial charge in [-0.1, -0.05) is 11.6 Å². The molecule has 2 saturated heterocycles. The Hall–Kier alpha value is -1.46. The van der Waals surface area contributed by atoms with Gasteiger partial charge in [0.05, 0.1) is 33.0 Å². The second-order valence-corrected chi connectivity index (χ2v) is 10.5. The lowest BCUT2D eigenvalue weighted by molar-refractivity contribution is -0.295. The maximum atomic E-state index is 12.8. The second-order valence-electron chi connectivity index (χ2n) is 10.0. The van der Waals surface area contributed by atoms with Crippen molar-refractivity contribution in [1.82, 2.24) is 0 Å². The molecule has 10 heteroatoms. The van der Waals surface area contributed by atoms with Gasteiger partial charge in [0.25, 0.3) is 0 Å². The van der Waals surface area contributed by atoms with Crippen molar-refractivity contribution in [2.24, 2.45) is 0 Å². The number of ether oxygens (including phenoxy) is 8. The van der Waals surface area contributed by atoms with Gasteiger partial charge in [0.2, 0.25) is 0 Å². The molecule has 0 bridgehead atoms. The minimum atomic E-state index is -1.23. The summed E-state index contributed by atoms with van der Waals surface area (Å²) < 4.78 is 46.2. The van der Waals surface area contributed by atoms with Gasteiger partial charge in [-0.05, 0) is 65.8 Å². The molecule has 1 aromatic rings. The highest BCUT2D eigenvalue weighted by Crippen LogP contribution is 2.23. The summed E-state index contributed by atoms with van der Waals surface area (Å²) in [5.74, 6) is -1.33. The van der Waals surface area contributed by atoms with E-state index in [1.54, 1.807) is 38.1 Å². The van der Waals surface area contributed by atoms with Crippen LogP contribution in [0.25, 0.3) is 0 Å². The topological polar surface area (TPSA) is 90.9 Å². The molecule has 2 heterocycles. The van der Waals surface area contributed by atoms with E-state index in [9.17, 15) is 4.79 Å². The van der Waals surface area contributed by atoms with Crippen molar-refractivity contribution in [3.8, 4) is 5.75 Å². The minimum absolute atomic E-state index is 0.0357. The highest BCUT2D eigenvalue weighted by Gasteiger charge is 2.35. The molecule has 1 unspecified atom stereocenters. The smallest absolute Gasteiger partial charge is 0.349 e. The Kier molecular flexibility index (Phi) is 9.42. The lowest BCUT2D eigenvalue weighted by Gasteiger charge is -2.37. The van der Waals surface area contributed by atoms with Gasteiger partial charge in [-0.3, -0.25) is 0 Å². The van der Waals surface area contributed by atoms with Crippen molar-refractivity contribution in [2.45, 2.75) is 77.0 Å². The van der Waals surface area contributed by atoms with Gasteiger partial charge in [0.15, 0.2) is 17.2 Å². The summed E-state index contributed by atoms with van der Waals surface area (Å²) in [5, 5.41) is 0.578. The standard InChI is InChI=1S/C25H37ClO9/c1-23(2,35-18-9-7-17(26)8-10-18)22(27)29-12-20(34-21-15-32-25(5,6)33-16-21)11-28-19-13-30-24(3,4)31-14-19/h7-10,19-21H,11-16H2,1-6H3. The Bertz CT molecular complexity index is 805. The first-order valence-electron chi connectivity index (χ1n) is 11.8. The Morgan fingerprint density at radius 3 is 2.00 bits per heavy atom. The third kappa shape index (κ3) is 9.17. The van der Waals surface area contributed by atoms with Crippen molar-refractivity contribution in [2.75, 3.05) is 39.6 Å². The van der Waals surface area contributed by atoms with Crippen molar-refractivity contribution in [3.05, 3.63) is 29.3 Å². The first kappa shape index (κ1) is 28.1. The first-order valence-corrected chi connectivity index (χ1v) is 12.2. The van der Waals surface area contributed by atoms with Crippen LogP contribution in [0.4, 0.5) is 0 Å². The molecule has 0 amide bonds. The zero-order valence-electron chi connectivity index (χ0n) is 21.3. The molecule has 0 aliphatic carbocycles. The van der Waals surface area contributed by atoms with Gasteiger partial charge < -0.3 is 37.9 Å². The van der Waals surface area contributed by atoms with Crippen LogP contribution in [-0.2, 0) is 38.0 Å². The van der Waals surface area contributed by atoms with Crippen LogP contribution in [0.2, 0.25) is 5.02 Å². The molecular weight excluding hydrogens is 480 g/mol. The number of benzene rings is 1. The molecular formula is C25H37ClO9. The van der Waals surface area contributed by atoms with E-state index in [1.807, 2.05) is 27.7 Å². The van der Waals surface area contributed by atoms with Crippen LogP contribution in [0, 0.1) is 0 Å². The molecule has 9 nitrogen and oxygen atoms in total. The van der Waals surface area contributed by atoms with Crippen LogP contribution in [0.15, 0.2) is 24.3 Å². The summed E-state index contributed by atoms with van der Waals surface area (Å²) in [6.45, 7) is 12.3. The largest absolute Gasteiger partial charge is 0.476 e. The monoisotopic (exact) mass is 516 g/mol. The molecule has 2 aliphatic heterocycles. The fraction of sp³-hybridized carbons (Fsp3) is 0.720.